The summed E-state index contributed by atoms with van der Waals surface area (Å²) < 4.78 is 9.55. The third kappa shape index (κ3) is 23.1. The zero-order valence-corrected chi connectivity index (χ0v) is 25.7. The van der Waals surface area contributed by atoms with Crippen molar-refractivity contribution in [1.29, 1.82) is 0 Å². The van der Waals surface area contributed by atoms with Crippen LogP contribution in [0.5, 0.6) is 0 Å². The standard InChI is InChI=1S/C22H38O7.C3H7NO2S.C2H4O2S/c1-2-3-4-5-6-7-8-9-10-11-12-13-14-15-18(24)28-16-17(23)21-19(25)20(26)22(27)29-21;4-2(1-7)3(5)6;3-2(4)1-5/h17,21,23,25-26H,2-16H2,1H3;2,7H,1,4H2,(H,5,6);5H,1H2,(H,3,4)/t17-,21+;2-;/m00./s1. The minimum absolute atomic E-state index is 0.0833. The van der Waals surface area contributed by atoms with E-state index in [1.807, 2.05) is 0 Å². The molecule has 0 saturated carbocycles. The summed E-state index contributed by atoms with van der Waals surface area (Å²) in [6.45, 7) is 1.83. The molecule has 1 aliphatic rings. The number of aliphatic hydroxyl groups is 3. The lowest BCUT2D eigenvalue weighted by Gasteiger charge is -2.17. The van der Waals surface area contributed by atoms with Crippen molar-refractivity contribution < 1.29 is 54.2 Å². The van der Waals surface area contributed by atoms with Crippen LogP contribution in [0.1, 0.15) is 96.8 Å². The molecule has 12 nitrogen and oxygen atoms in total. The van der Waals surface area contributed by atoms with Crippen LogP contribution in [0.15, 0.2) is 11.5 Å². The van der Waals surface area contributed by atoms with E-state index in [9.17, 15) is 34.5 Å². The summed E-state index contributed by atoms with van der Waals surface area (Å²) in [6.07, 6.45) is 13.4. The Balaban J connectivity index is 0. The SMILES string of the molecule is CCCCCCCCCCCCCCCC(=O)OC[C@H](O)[C@H]1OC(=O)C(O)=C1O.N[C@@H](CS)C(=O)O.O=C(O)CS. The van der Waals surface area contributed by atoms with Crippen molar-refractivity contribution in [3.63, 3.8) is 0 Å². The zero-order valence-electron chi connectivity index (χ0n) is 23.9. The molecule has 240 valence electrons. The third-order valence-corrected chi connectivity index (χ3v) is 6.50. The van der Waals surface area contributed by atoms with E-state index in [1.54, 1.807) is 0 Å². The van der Waals surface area contributed by atoms with Crippen LogP contribution in [-0.2, 0) is 28.7 Å². The van der Waals surface area contributed by atoms with Crippen LogP contribution in [0.2, 0.25) is 0 Å². The van der Waals surface area contributed by atoms with Crippen LogP contribution in [0.25, 0.3) is 0 Å². The summed E-state index contributed by atoms with van der Waals surface area (Å²) in [5.74, 6) is -4.99. The molecule has 0 bridgehead atoms. The summed E-state index contributed by atoms with van der Waals surface area (Å²) >= 11 is 7.06. The van der Waals surface area contributed by atoms with Crippen molar-refractivity contribution in [2.24, 2.45) is 5.73 Å². The van der Waals surface area contributed by atoms with E-state index in [2.05, 4.69) is 36.9 Å². The molecule has 0 aliphatic carbocycles. The van der Waals surface area contributed by atoms with Gasteiger partial charge in [-0.05, 0) is 6.42 Å². The molecule has 0 radical (unpaired) electrons. The van der Waals surface area contributed by atoms with Crippen LogP contribution in [0.4, 0.5) is 0 Å². The molecule has 1 heterocycles. The van der Waals surface area contributed by atoms with Crippen molar-refractivity contribution in [3.05, 3.63) is 11.5 Å². The highest BCUT2D eigenvalue weighted by molar-refractivity contribution is 7.81. The first-order valence-corrected chi connectivity index (χ1v) is 15.3. The Kier molecular flexibility index (Phi) is 26.7. The van der Waals surface area contributed by atoms with Crippen LogP contribution < -0.4 is 5.73 Å². The minimum Gasteiger partial charge on any atom is -0.505 e. The molecule has 0 amide bonds. The highest BCUT2D eigenvalue weighted by Gasteiger charge is 2.39. The number of hydrogen-bond donors (Lipinski definition) is 8. The van der Waals surface area contributed by atoms with Crippen LogP contribution in [0.3, 0.4) is 0 Å². The molecule has 0 fully saturated rings. The van der Waals surface area contributed by atoms with Gasteiger partial charge in [-0.3, -0.25) is 14.4 Å². The first-order valence-electron chi connectivity index (χ1n) is 14.0. The number of hydrogen-bond acceptors (Lipinski definition) is 12. The molecule has 0 aromatic carbocycles. The van der Waals surface area contributed by atoms with Gasteiger partial charge in [0, 0.05) is 12.2 Å². The molecule has 0 spiro atoms. The van der Waals surface area contributed by atoms with Crippen molar-refractivity contribution in [1.82, 2.24) is 0 Å². The number of carbonyl (C=O) groups is 4. The molecule has 0 saturated heterocycles. The Labute approximate surface area is 253 Å². The topological polar surface area (TPSA) is 214 Å². The van der Waals surface area contributed by atoms with Crippen LogP contribution in [-0.4, -0.2) is 85.8 Å². The van der Waals surface area contributed by atoms with Gasteiger partial charge in [0.15, 0.2) is 11.9 Å². The van der Waals surface area contributed by atoms with Gasteiger partial charge in [0.05, 0.1) is 5.75 Å². The summed E-state index contributed by atoms with van der Waals surface area (Å²) in [7, 11) is 0. The lowest BCUT2D eigenvalue weighted by molar-refractivity contribution is -0.154. The van der Waals surface area contributed by atoms with Gasteiger partial charge in [-0.15, -0.1) is 0 Å². The highest BCUT2D eigenvalue weighted by Crippen LogP contribution is 2.21. The quantitative estimate of drug-likeness (QED) is 0.0547. The largest absolute Gasteiger partial charge is 0.505 e. The number of thiol groups is 2. The number of aliphatic hydroxyl groups excluding tert-OH is 3. The number of ether oxygens (including phenoxy) is 2. The van der Waals surface area contributed by atoms with E-state index in [0.717, 1.165) is 19.3 Å². The van der Waals surface area contributed by atoms with E-state index in [0.29, 0.717) is 0 Å². The highest BCUT2D eigenvalue weighted by atomic mass is 32.1. The predicted molar refractivity (Wildman–Crippen MR) is 160 cm³/mol. The fourth-order valence-electron chi connectivity index (χ4n) is 3.43. The predicted octanol–water partition coefficient (Wildman–Crippen LogP) is 3.95. The van der Waals surface area contributed by atoms with Crippen molar-refractivity contribution >= 4 is 49.1 Å². The lowest BCUT2D eigenvalue weighted by atomic mass is 10.0. The smallest absolute Gasteiger partial charge is 0.377 e. The Morgan fingerprint density at radius 2 is 1.34 bits per heavy atom. The maximum absolute atomic E-state index is 11.7. The fraction of sp³-hybridized carbons (Fsp3) is 0.778. The lowest BCUT2D eigenvalue weighted by Crippen LogP contribution is -2.33. The number of carbonyl (C=O) groups excluding carboxylic acids is 2. The molecule has 0 unspecified atom stereocenters. The Morgan fingerprint density at radius 1 is 0.902 bits per heavy atom. The van der Waals surface area contributed by atoms with E-state index in [1.165, 1.54) is 64.2 Å². The van der Waals surface area contributed by atoms with Gasteiger partial charge >= 0.3 is 23.9 Å². The van der Waals surface area contributed by atoms with Gasteiger partial charge in [-0.25, -0.2) is 4.79 Å². The first-order chi connectivity index (χ1) is 19.4. The second-order valence-electron chi connectivity index (χ2n) is 9.48. The summed E-state index contributed by atoms with van der Waals surface area (Å²) in [6, 6.07) is -0.816. The van der Waals surface area contributed by atoms with E-state index < -0.39 is 60.3 Å². The molecular weight excluding hydrogens is 578 g/mol. The second-order valence-corrected chi connectivity index (χ2v) is 10.2. The molecule has 0 aromatic rings. The number of aliphatic carboxylic acids is 2. The molecule has 1 aliphatic heterocycles. The molecule has 0 aromatic heterocycles. The van der Waals surface area contributed by atoms with Crippen molar-refractivity contribution in [3.8, 4) is 0 Å². The van der Waals surface area contributed by atoms with Gasteiger partial charge in [0.25, 0.3) is 0 Å². The number of cyclic esters (lactones) is 1. The molecular formula is C27H49NO11S2. The molecule has 3 atom stereocenters. The maximum atomic E-state index is 11.7. The number of carboxylic acids is 2. The Bertz CT molecular complexity index is 780. The number of esters is 2. The van der Waals surface area contributed by atoms with Crippen molar-refractivity contribution in [2.45, 2.75) is 115 Å². The maximum Gasteiger partial charge on any atom is 0.377 e. The second kappa shape index (κ2) is 26.7. The average Bonchev–Trinajstić information content (AvgIpc) is 3.21. The Morgan fingerprint density at radius 3 is 1.66 bits per heavy atom. The van der Waals surface area contributed by atoms with E-state index >= 15 is 0 Å². The van der Waals surface area contributed by atoms with Gasteiger partial charge in [-0.2, -0.15) is 25.3 Å². The van der Waals surface area contributed by atoms with Crippen LogP contribution in [0, 0.1) is 0 Å². The third-order valence-electron chi connectivity index (χ3n) is 5.84. The van der Waals surface area contributed by atoms with E-state index in [-0.39, 0.29) is 17.9 Å². The average molecular weight is 628 g/mol. The van der Waals surface area contributed by atoms with Gasteiger partial charge in [0.2, 0.25) is 5.76 Å². The molecule has 41 heavy (non-hydrogen) atoms. The fourth-order valence-corrected chi connectivity index (χ4v) is 3.59. The monoisotopic (exact) mass is 627 g/mol. The first kappa shape index (κ1) is 41.0. The van der Waals surface area contributed by atoms with Crippen molar-refractivity contribution in [2.75, 3.05) is 18.1 Å². The molecule has 7 N–H and O–H groups in total. The number of unbranched alkanes of at least 4 members (excludes halogenated alkanes) is 12. The Hall–Kier alpha value is -2.16. The number of carboxylic acid groups (broad SMARTS) is 2. The summed E-state index contributed by atoms with van der Waals surface area (Å²) in [5, 5.41) is 44.2. The van der Waals surface area contributed by atoms with Crippen LogP contribution >= 0.6 is 25.3 Å². The molecule has 14 heteroatoms. The number of rotatable bonds is 20. The number of nitrogens with two attached hydrogens (primary N) is 1. The summed E-state index contributed by atoms with van der Waals surface area (Å²) in [5.41, 5.74) is 4.94. The zero-order chi connectivity index (χ0) is 31.6. The molecule has 1 rings (SSSR count). The van der Waals surface area contributed by atoms with E-state index in [4.69, 9.17) is 20.7 Å². The van der Waals surface area contributed by atoms with Gasteiger partial charge < -0.3 is 40.7 Å². The van der Waals surface area contributed by atoms with Gasteiger partial charge in [-0.1, -0.05) is 84.0 Å². The minimum atomic E-state index is -1.42. The normalized spacial score (nSPS) is 15.5. The summed E-state index contributed by atoms with van der Waals surface area (Å²) in [4.78, 5) is 41.8. The van der Waals surface area contributed by atoms with Gasteiger partial charge in [0.1, 0.15) is 18.8 Å².